The Morgan fingerprint density at radius 3 is 2.26 bits per heavy atom. The van der Waals surface area contributed by atoms with Gasteiger partial charge in [0, 0.05) is 39.5 Å². The van der Waals surface area contributed by atoms with Crippen molar-refractivity contribution in [3.05, 3.63) is 29.6 Å². The predicted octanol–water partition coefficient (Wildman–Crippen LogP) is 1.64. The number of anilines is 1. The van der Waals surface area contributed by atoms with Crippen molar-refractivity contribution in [2.45, 2.75) is 6.54 Å². The fraction of sp³-hybridized carbons (Fsp3) is 0.571. The molecule has 0 amide bonds. The zero-order chi connectivity index (χ0) is 14.1. The van der Waals surface area contributed by atoms with Crippen molar-refractivity contribution in [1.82, 2.24) is 5.32 Å². The summed E-state index contributed by atoms with van der Waals surface area (Å²) in [6, 6.07) is 5.08. The summed E-state index contributed by atoms with van der Waals surface area (Å²) in [4.78, 5) is 2.06. The molecule has 0 aliphatic carbocycles. The van der Waals surface area contributed by atoms with Gasteiger partial charge in [0.1, 0.15) is 5.82 Å². The van der Waals surface area contributed by atoms with Gasteiger partial charge in [-0.1, -0.05) is 0 Å². The Kier molecular flexibility index (Phi) is 7.40. The number of nitrogens with zero attached hydrogens (tertiary/aromatic N) is 1. The minimum Gasteiger partial charge on any atom is -0.383 e. The lowest BCUT2D eigenvalue weighted by Crippen LogP contribution is -2.30. The van der Waals surface area contributed by atoms with E-state index in [1.165, 1.54) is 0 Å². The molecule has 1 N–H and O–H groups in total. The highest BCUT2D eigenvalue weighted by Gasteiger charge is 2.09. The van der Waals surface area contributed by atoms with Crippen LogP contribution in [0.1, 0.15) is 5.56 Å². The van der Waals surface area contributed by atoms with Gasteiger partial charge in [0.15, 0.2) is 0 Å². The van der Waals surface area contributed by atoms with Crippen molar-refractivity contribution in [3.8, 4) is 0 Å². The Morgan fingerprint density at radius 2 is 1.74 bits per heavy atom. The summed E-state index contributed by atoms with van der Waals surface area (Å²) < 4.78 is 23.8. The Labute approximate surface area is 114 Å². The topological polar surface area (TPSA) is 33.7 Å². The minimum atomic E-state index is -0.220. The molecular formula is C14H23FN2O2. The smallest absolute Gasteiger partial charge is 0.125 e. The van der Waals surface area contributed by atoms with Gasteiger partial charge in [-0.05, 0) is 30.8 Å². The molecule has 4 nitrogen and oxygen atoms in total. The molecule has 0 fully saturated rings. The predicted molar refractivity (Wildman–Crippen MR) is 75.1 cm³/mol. The molecule has 0 unspecified atom stereocenters. The summed E-state index contributed by atoms with van der Waals surface area (Å²) in [5.74, 6) is -0.220. The van der Waals surface area contributed by atoms with Crippen molar-refractivity contribution in [2.24, 2.45) is 0 Å². The van der Waals surface area contributed by atoms with E-state index in [0.717, 1.165) is 11.3 Å². The molecule has 0 bridgehead atoms. The highest BCUT2D eigenvalue weighted by atomic mass is 19.1. The molecule has 1 rings (SSSR count). The van der Waals surface area contributed by atoms with Gasteiger partial charge in [0.05, 0.1) is 13.2 Å². The molecule has 0 aliphatic heterocycles. The lowest BCUT2D eigenvalue weighted by Gasteiger charge is -2.25. The van der Waals surface area contributed by atoms with E-state index in [2.05, 4.69) is 10.2 Å². The molecule has 19 heavy (non-hydrogen) atoms. The molecule has 108 valence electrons. The average Bonchev–Trinajstić information content (AvgIpc) is 2.38. The Balaban J connectivity index is 2.85. The van der Waals surface area contributed by atoms with Crippen molar-refractivity contribution < 1.29 is 13.9 Å². The van der Waals surface area contributed by atoms with E-state index < -0.39 is 0 Å². The molecule has 0 radical (unpaired) electrons. The number of methoxy groups -OCH3 is 2. The molecule has 0 heterocycles. The highest BCUT2D eigenvalue weighted by molar-refractivity contribution is 5.49. The first-order valence-electron chi connectivity index (χ1n) is 6.38. The molecule has 0 saturated heterocycles. The van der Waals surface area contributed by atoms with Crippen LogP contribution in [0.2, 0.25) is 0 Å². The van der Waals surface area contributed by atoms with Crippen LogP contribution in [-0.2, 0) is 16.0 Å². The lowest BCUT2D eigenvalue weighted by atomic mass is 10.1. The first-order valence-corrected chi connectivity index (χ1v) is 6.38. The van der Waals surface area contributed by atoms with E-state index in [9.17, 15) is 4.39 Å². The maximum atomic E-state index is 13.6. The Hall–Kier alpha value is -1.17. The number of halogens is 1. The lowest BCUT2D eigenvalue weighted by molar-refractivity contribution is 0.190. The summed E-state index contributed by atoms with van der Waals surface area (Å²) >= 11 is 0. The number of nitrogens with one attached hydrogen (secondary N) is 1. The van der Waals surface area contributed by atoms with Crippen LogP contribution in [0.3, 0.4) is 0 Å². The first kappa shape index (κ1) is 15.9. The van der Waals surface area contributed by atoms with Gasteiger partial charge in [-0.2, -0.15) is 0 Å². The SMILES string of the molecule is CNCc1cc(F)cc(N(CCOC)CCOC)c1. The molecule has 0 saturated carbocycles. The maximum Gasteiger partial charge on any atom is 0.125 e. The third kappa shape index (κ3) is 5.55. The summed E-state index contributed by atoms with van der Waals surface area (Å²) in [5.41, 5.74) is 1.79. The zero-order valence-corrected chi connectivity index (χ0v) is 11.9. The summed E-state index contributed by atoms with van der Waals surface area (Å²) in [7, 11) is 5.16. The summed E-state index contributed by atoms with van der Waals surface area (Å²) in [6.07, 6.45) is 0. The first-order chi connectivity index (χ1) is 9.21. The number of rotatable bonds is 9. The molecule has 0 atom stereocenters. The molecular weight excluding hydrogens is 247 g/mol. The van der Waals surface area contributed by atoms with Crippen LogP contribution in [0.4, 0.5) is 10.1 Å². The van der Waals surface area contributed by atoms with Crippen LogP contribution in [0.15, 0.2) is 18.2 Å². The van der Waals surface area contributed by atoms with Crippen molar-refractivity contribution in [1.29, 1.82) is 0 Å². The third-order valence-electron chi connectivity index (χ3n) is 2.82. The Bertz CT molecular complexity index is 366. The molecule has 1 aromatic carbocycles. The van der Waals surface area contributed by atoms with E-state index in [0.29, 0.717) is 32.8 Å². The largest absolute Gasteiger partial charge is 0.383 e. The van der Waals surface area contributed by atoms with Gasteiger partial charge >= 0.3 is 0 Å². The van der Waals surface area contributed by atoms with E-state index in [1.54, 1.807) is 26.4 Å². The molecule has 5 heteroatoms. The van der Waals surface area contributed by atoms with E-state index >= 15 is 0 Å². The number of hydrogen-bond acceptors (Lipinski definition) is 4. The molecule has 0 aromatic heterocycles. The monoisotopic (exact) mass is 270 g/mol. The number of hydrogen-bond donors (Lipinski definition) is 1. The Morgan fingerprint density at radius 1 is 1.11 bits per heavy atom. The van der Waals surface area contributed by atoms with Crippen LogP contribution >= 0.6 is 0 Å². The average molecular weight is 270 g/mol. The van der Waals surface area contributed by atoms with Crippen LogP contribution in [0.25, 0.3) is 0 Å². The number of ether oxygens (including phenoxy) is 2. The normalized spacial score (nSPS) is 10.7. The molecule has 0 aliphatic rings. The summed E-state index contributed by atoms with van der Waals surface area (Å²) in [6.45, 7) is 3.26. The standard InChI is InChI=1S/C14H23FN2O2/c1-16-11-12-8-13(15)10-14(9-12)17(4-6-18-2)5-7-19-3/h8-10,16H,4-7,11H2,1-3H3. The van der Waals surface area contributed by atoms with E-state index in [4.69, 9.17) is 9.47 Å². The number of benzene rings is 1. The third-order valence-corrected chi connectivity index (χ3v) is 2.82. The van der Waals surface area contributed by atoms with Gasteiger partial charge in [0.2, 0.25) is 0 Å². The highest BCUT2D eigenvalue weighted by Crippen LogP contribution is 2.18. The van der Waals surface area contributed by atoms with Crippen molar-refractivity contribution >= 4 is 5.69 Å². The fourth-order valence-corrected chi connectivity index (χ4v) is 1.90. The zero-order valence-electron chi connectivity index (χ0n) is 11.9. The molecule has 0 spiro atoms. The molecule has 1 aromatic rings. The second kappa shape index (κ2) is 8.85. The van der Waals surface area contributed by atoms with Gasteiger partial charge in [-0.15, -0.1) is 0 Å². The van der Waals surface area contributed by atoms with Crippen LogP contribution in [0, 0.1) is 5.82 Å². The maximum absolute atomic E-state index is 13.6. The van der Waals surface area contributed by atoms with Gasteiger partial charge in [-0.3, -0.25) is 0 Å². The van der Waals surface area contributed by atoms with E-state index in [1.807, 2.05) is 13.1 Å². The second-order valence-corrected chi connectivity index (χ2v) is 4.32. The van der Waals surface area contributed by atoms with E-state index in [-0.39, 0.29) is 5.82 Å². The van der Waals surface area contributed by atoms with Crippen molar-refractivity contribution in [2.75, 3.05) is 52.5 Å². The van der Waals surface area contributed by atoms with Gasteiger partial charge in [0.25, 0.3) is 0 Å². The van der Waals surface area contributed by atoms with Crippen LogP contribution < -0.4 is 10.2 Å². The summed E-state index contributed by atoms with van der Waals surface area (Å²) in [5, 5.41) is 3.03. The fourth-order valence-electron chi connectivity index (χ4n) is 1.90. The van der Waals surface area contributed by atoms with Crippen molar-refractivity contribution in [3.63, 3.8) is 0 Å². The quantitative estimate of drug-likeness (QED) is 0.740. The van der Waals surface area contributed by atoms with Gasteiger partial charge < -0.3 is 19.7 Å². The van der Waals surface area contributed by atoms with Crippen LogP contribution in [-0.4, -0.2) is 47.6 Å². The van der Waals surface area contributed by atoms with Gasteiger partial charge in [-0.25, -0.2) is 4.39 Å². The van der Waals surface area contributed by atoms with Crippen LogP contribution in [0.5, 0.6) is 0 Å². The second-order valence-electron chi connectivity index (χ2n) is 4.32. The minimum absolute atomic E-state index is 0.220.